The first-order chi connectivity index (χ1) is 11.6. The fraction of sp³-hybridized carbons (Fsp3) is 0.222. The molecule has 2 N–H and O–H groups in total. The van der Waals surface area contributed by atoms with Crippen LogP contribution in [0.1, 0.15) is 16.8 Å². The van der Waals surface area contributed by atoms with E-state index in [-0.39, 0.29) is 12.5 Å². The first-order valence-electron chi connectivity index (χ1n) is 7.63. The molecule has 2 aromatic carbocycles. The first-order valence-corrected chi connectivity index (χ1v) is 8.62. The summed E-state index contributed by atoms with van der Waals surface area (Å²) in [5.41, 5.74) is 0.323. The summed E-state index contributed by atoms with van der Waals surface area (Å²) in [4.78, 5) is 24.7. The maximum Gasteiger partial charge on any atom is 0.251 e. The van der Waals surface area contributed by atoms with Crippen LogP contribution in [0.15, 0.2) is 59.5 Å². The third-order valence-electron chi connectivity index (χ3n) is 3.17. The minimum absolute atomic E-state index is 0.0952. The second-order valence-corrected chi connectivity index (χ2v) is 6.22. The number of benzene rings is 2. The number of carbonyl (C=O) groups is 2. The summed E-state index contributed by atoms with van der Waals surface area (Å²) in [6.45, 7) is 0.465. The molecule has 24 heavy (non-hydrogen) atoms. The zero-order valence-corrected chi connectivity index (χ0v) is 13.9. The Labute approximate surface area is 144 Å². The summed E-state index contributed by atoms with van der Waals surface area (Å²) in [5.74, 6) is -0.135. The minimum atomic E-state index is -0.405. The zero-order chi connectivity index (χ0) is 17.2. The number of rotatable bonds is 8. The molecule has 0 saturated heterocycles. The zero-order valence-electron chi connectivity index (χ0n) is 13.1. The highest BCUT2D eigenvalue weighted by Gasteiger charge is 2.07. The van der Waals surface area contributed by atoms with Crippen molar-refractivity contribution in [3.63, 3.8) is 0 Å². The average molecular weight is 346 g/mol. The SMILES string of the molecule is O=C(CNC(=O)c1ccc(F)cc1)NCCCSc1ccccc1. The van der Waals surface area contributed by atoms with Crippen molar-refractivity contribution in [3.8, 4) is 0 Å². The number of nitrogens with one attached hydrogen (secondary N) is 2. The van der Waals surface area contributed by atoms with Crippen molar-refractivity contribution in [1.29, 1.82) is 0 Å². The Bertz CT molecular complexity index is 662. The molecule has 0 unspecified atom stereocenters. The van der Waals surface area contributed by atoms with Crippen molar-refractivity contribution < 1.29 is 14.0 Å². The fourth-order valence-electron chi connectivity index (χ4n) is 1.93. The Hall–Kier alpha value is -2.34. The van der Waals surface area contributed by atoms with Crippen molar-refractivity contribution in [2.45, 2.75) is 11.3 Å². The van der Waals surface area contributed by atoms with E-state index in [2.05, 4.69) is 10.6 Å². The normalized spacial score (nSPS) is 10.2. The predicted molar refractivity (Wildman–Crippen MR) is 93.5 cm³/mol. The van der Waals surface area contributed by atoms with Gasteiger partial charge in [0.1, 0.15) is 5.82 Å². The summed E-state index contributed by atoms with van der Waals surface area (Å²) in [5, 5.41) is 5.26. The molecular formula is C18H19FN2O2S. The minimum Gasteiger partial charge on any atom is -0.355 e. The van der Waals surface area contributed by atoms with E-state index in [0.29, 0.717) is 12.1 Å². The molecular weight excluding hydrogens is 327 g/mol. The molecule has 2 rings (SSSR count). The number of hydrogen-bond donors (Lipinski definition) is 2. The second-order valence-electron chi connectivity index (χ2n) is 5.05. The van der Waals surface area contributed by atoms with Gasteiger partial charge in [0, 0.05) is 17.0 Å². The molecule has 4 nitrogen and oxygen atoms in total. The smallest absolute Gasteiger partial charge is 0.251 e. The highest BCUT2D eigenvalue weighted by Crippen LogP contribution is 2.17. The highest BCUT2D eigenvalue weighted by atomic mass is 32.2. The quantitative estimate of drug-likeness (QED) is 0.571. The Balaban J connectivity index is 1.58. The third-order valence-corrected chi connectivity index (χ3v) is 4.27. The van der Waals surface area contributed by atoms with Gasteiger partial charge in [-0.05, 0) is 48.6 Å². The maximum atomic E-state index is 12.8. The van der Waals surface area contributed by atoms with Crippen LogP contribution in [0.3, 0.4) is 0 Å². The van der Waals surface area contributed by atoms with E-state index >= 15 is 0 Å². The van der Waals surface area contributed by atoms with Crippen LogP contribution >= 0.6 is 11.8 Å². The van der Waals surface area contributed by atoms with Crippen LogP contribution in [-0.2, 0) is 4.79 Å². The van der Waals surface area contributed by atoms with Gasteiger partial charge in [0.05, 0.1) is 6.54 Å². The standard InChI is InChI=1S/C18H19FN2O2S/c19-15-9-7-14(8-10-15)18(23)21-13-17(22)20-11-4-12-24-16-5-2-1-3-6-16/h1-3,5-10H,4,11-13H2,(H,20,22)(H,21,23). The van der Waals surface area contributed by atoms with Crippen molar-refractivity contribution in [1.82, 2.24) is 10.6 Å². The molecule has 0 bridgehead atoms. The molecule has 0 aliphatic heterocycles. The molecule has 0 saturated carbocycles. The van der Waals surface area contributed by atoms with Crippen molar-refractivity contribution >= 4 is 23.6 Å². The topological polar surface area (TPSA) is 58.2 Å². The van der Waals surface area contributed by atoms with Crippen molar-refractivity contribution in [2.24, 2.45) is 0 Å². The Morgan fingerprint density at radius 1 is 0.958 bits per heavy atom. The number of halogens is 1. The second kappa shape index (κ2) is 9.72. The lowest BCUT2D eigenvalue weighted by Crippen LogP contribution is -2.37. The summed E-state index contributed by atoms with van der Waals surface area (Å²) in [6.07, 6.45) is 0.844. The predicted octanol–water partition coefficient (Wildman–Crippen LogP) is 2.85. The molecule has 0 atom stereocenters. The number of amides is 2. The van der Waals surface area contributed by atoms with Gasteiger partial charge in [-0.25, -0.2) is 4.39 Å². The van der Waals surface area contributed by atoms with Gasteiger partial charge in [0.15, 0.2) is 0 Å². The molecule has 6 heteroatoms. The van der Waals surface area contributed by atoms with Crippen molar-refractivity contribution in [3.05, 3.63) is 66.0 Å². The molecule has 0 aliphatic carbocycles. The van der Waals surface area contributed by atoms with E-state index in [1.165, 1.54) is 29.2 Å². The molecule has 0 radical (unpaired) electrons. The lowest BCUT2D eigenvalue weighted by Gasteiger charge is -2.07. The van der Waals surface area contributed by atoms with Gasteiger partial charge in [-0.2, -0.15) is 0 Å². The Kier molecular flexibility index (Phi) is 7.29. The van der Waals surface area contributed by atoms with E-state index in [0.717, 1.165) is 12.2 Å². The van der Waals surface area contributed by atoms with Gasteiger partial charge in [0.25, 0.3) is 5.91 Å². The van der Waals surface area contributed by atoms with E-state index in [9.17, 15) is 14.0 Å². The molecule has 2 amide bonds. The van der Waals surface area contributed by atoms with E-state index in [4.69, 9.17) is 0 Å². The Morgan fingerprint density at radius 2 is 1.67 bits per heavy atom. The molecule has 126 valence electrons. The third kappa shape index (κ3) is 6.42. The molecule has 0 aliphatic rings. The molecule has 2 aromatic rings. The lowest BCUT2D eigenvalue weighted by molar-refractivity contribution is -0.120. The van der Waals surface area contributed by atoms with E-state index in [1.807, 2.05) is 30.3 Å². The van der Waals surface area contributed by atoms with Crippen LogP contribution in [-0.4, -0.2) is 30.7 Å². The summed E-state index contributed by atoms with van der Waals surface area (Å²) in [7, 11) is 0. The van der Waals surface area contributed by atoms with Gasteiger partial charge >= 0.3 is 0 Å². The molecule has 0 aromatic heterocycles. The summed E-state index contributed by atoms with van der Waals surface area (Å²) < 4.78 is 12.8. The molecule has 0 spiro atoms. The number of thioether (sulfide) groups is 1. The van der Waals surface area contributed by atoms with Gasteiger partial charge in [0.2, 0.25) is 5.91 Å². The van der Waals surface area contributed by atoms with E-state index < -0.39 is 11.7 Å². The number of hydrogen-bond acceptors (Lipinski definition) is 3. The van der Waals surface area contributed by atoms with Crippen molar-refractivity contribution in [2.75, 3.05) is 18.8 Å². The summed E-state index contributed by atoms with van der Waals surface area (Å²) in [6, 6.07) is 15.2. The van der Waals surface area contributed by atoms with Crippen LogP contribution in [0.5, 0.6) is 0 Å². The van der Waals surface area contributed by atoms with Crippen LogP contribution < -0.4 is 10.6 Å². The van der Waals surface area contributed by atoms with Gasteiger partial charge < -0.3 is 10.6 Å². The maximum absolute atomic E-state index is 12.8. The summed E-state index contributed by atoms with van der Waals surface area (Å²) >= 11 is 1.74. The molecule has 0 heterocycles. The monoisotopic (exact) mass is 346 g/mol. The van der Waals surface area contributed by atoms with Gasteiger partial charge in [-0.15, -0.1) is 11.8 Å². The van der Waals surface area contributed by atoms with Crippen LogP contribution in [0.4, 0.5) is 4.39 Å². The molecule has 0 fully saturated rings. The average Bonchev–Trinajstić information content (AvgIpc) is 2.61. The van der Waals surface area contributed by atoms with Crippen LogP contribution in [0.25, 0.3) is 0 Å². The number of carbonyl (C=O) groups excluding carboxylic acids is 2. The van der Waals surface area contributed by atoms with Gasteiger partial charge in [-0.1, -0.05) is 18.2 Å². The van der Waals surface area contributed by atoms with E-state index in [1.54, 1.807) is 11.8 Å². The van der Waals surface area contributed by atoms with Gasteiger partial charge in [-0.3, -0.25) is 9.59 Å². The highest BCUT2D eigenvalue weighted by molar-refractivity contribution is 7.99. The van der Waals surface area contributed by atoms with Crippen LogP contribution in [0.2, 0.25) is 0 Å². The largest absolute Gasteiger partial charge is 0.355 e. The fourth-order valence-corrected chi connectivity index (χ4v) is 2.81. The lowest BCUT2D eigenvalue weighted by atomic mass is 10.2. The Morgan fingerprint density at radius 3 is 2.38 bits per heavy atom. The van der Waals surface area contributed by atoms with Crippen LogP contribution in [0, 0.1) is 5.82 Å². The first kappa shape index (κ1) is 18.0.